The van der Waals surface area contributed by atoms with E-state index in [1.165, 1.54) is 6.26 Å². The Labute approximate surface area is 162 Å². The van der Waals surface area contributed by atoms with Crippen molar-refractivity contribution in [3.8, 4) is 5.75 Å². The summed E-state index contributed by atoms with van der Waals surface area (Å²) in [6.07, 6.45) is 2.61. The number of benzene rings is 1. The number of hydrogen-bond acceptors (Lipinski definition) is 5. The summed E-state index contributed by atoms with van der Waals surface area (Å²) < 4.78 is 10.3. The van der Waals surface area contributed by atoms with Crippen molar-refractivity contribution in [2.75, 3.05) is 13.7 Å². The number of imide groups is 1. The van der Waals surface area contributed by atoms with Crippen LogP contribution in [0.25, 0.3) is 0 Å². The Morgan fingerprint density at radius 1 is 1.25 bits per heavy atom. The first-order valence-corrected chi connectivity index (χ1v) is 9.10. The first kappa shape index (κ1) is 19.5. The fraction of sp³-hybridized carbons (Fsp3) is 0.350. The molecule has 1 aliphatic heterocycles. The minimum atomic E-state index is -0.685. The molecule has 0 saturated carbocycles. The van der Waals surface area contributed by atoms with Crippen LogP contribution in [-0.2, 0) is 22.6 Å². The van der Waals surface area contributed by atoms with Crippen LogP contribution in [0.1, 0.15) is 24.2 Å². The first-order chi connectivity index (χ1) is 13.6. The Morgan fingerprint density at radius 3 is 2.71 bits per heavy atom. The zero-order valence-corrected chi connectivity index (χ0v) is 15.6. The Kier molecular flexibility index (Phi) is 6.31. The van der Waals surface area contributed by atoms with E-state index in [1.54, 1.807) is 19.2 Å². The number of carbonyl (C=O) groups excluding carboxylic acids is 3. The van der Waals surface area contributed by atoms with Gasteiger partial charge in [0.25, 0.3) is 5.91 Å². The highest BCUT2D eigenvalue weighted by molar-refractivity contribution is 6.04. The quantitative estimate of drug-likeness (QED) is 0.642. The molecule has 2 heterocycles. The molecule has 3 rings (SSSR count). The van der Waals surface area contributed by atoms with Gasteiger partial charge < -0.3 is 19.8 Å². The van der Waals surface area contributed by atoms with E-state index in [1.807, 2.05) is 24.3 Å². The molecule has 4 amide bonds. The van der Waals surface area contributed by atoms with Gasteiger partial charge in [0.2, 0.25) is 5.91 Å². The van der Waals surface area contributed by atoms with Gasteiger partial charge in [-0.25, -0.2) is 4.79 Å². The van der Waals surface area contributed by atoms with Crippen molar-refractivity contribution in [3.05, 3.63) is 54.0 Å². The van der Waals surface area contributed by atoms with E-state index < -0.39 is 12.1 Å². The van der Waals surface area contributed by atoms with E-state index in [0.717, 1.165) is 16.2 Å². The highest BCUT2D eigenvalue weighted by Crippen LogP contribution is 2.15. The van der Waals surface area contributed by atoms with Gasteiger partial charge in [-0.2, -0.15) is 0 Å². The van der Waals surface area contributed by atoms with Crippen LogP contribution in [0.5, 0.6) is 5.75 Å². The topological polar surface area (TPSA) is 101 Å². The second-order valence-corrected chi connectivity index (χ2v) is 6.49. The predicted molar refractivity (Wildman–Crippen MR) is 101 cm³/mol. The van der Waals surface area contributed by atoms with Gasteiger partial charge in [0.05, 0.1) is 19.9 Å². The summed E-state index contributed by atoms with van der Waals surface area (Å²) >= 11 is 0. The van der Waals surface area contributed by atoms with Crippen LogP contribution >= 0.6 is 0 Å². The monoisotopic (exact) mass is 385 g/mol. The molecule has 8 heteroatoms. The lowest BCUT2D eigenvalue weighted by Crippen LogP contribution is -2.33. The average Bonchev–Trinajstić information content (AvgIpc) is 3.31. The number of rotatable bonds is 9. The van der Waals surface area contributed by atoms with Crippen LogP contribution in [0.15, 0.2) is 47.1 Å². The van der Waals surface area contributed by atoms with Crippen molar-refractivity contribution >= 4 is 17.8 Å². The smallest absolute Gasteiger partial charge is 0.325 e. The number of ether oxygens (including phenoxy) is 1. The fourth-order valence-corrected chi connectivity index (χ4v) is 2.98. The Hall–Kier alpha value is -3.29. The molecule has 1 aromatic heterocycles. The molecule has 1 aromatic carbocycles. The van der Waals surface area contributed by atoms with Gasteiger partial charge in [0.1, 0.15) is 17.6 Å². The Morgan fingerprint density at radius 2 is 2.04 bits per heavy atom. The van der Waals surface area contributed by atoms with Crippen LogP contribution in [-0.4, -0.2) is 42.4 Å². The van der Waals surface area contributed by atoms with E-state index in [-0.39, 0.29) is 31.2 Å². The van der Waals surface area contributed by atoms with Gasteiger partial charge in [-0.15, -0.1) is 0 Å². The van der Waals surface area contributed by atoms with Crippen LogP contribution < -0.4 is 15.4 Å². The number of furan rings is 1. The number of nitrogens with zero attached hydrogens (tertiary/aromatic N) is 1. The molecule has 1 aliphatic rings. The number of methoxy groups -OCH3 is 1. The predicted octanol–water partition coefficient (Wildman–Crippen LogP) is 1.85. The summed E-state index contributed by atoms with van der Waals surface area (Å²) in [4.78, 5) is 37.5. The zero-order chi connectivity index (χ0) is 19.9. The molecule has 0 spiro atoms. The maximum absolute atomic E-state index is 12.4. The fourth-order valence-electron chi connectivity index (χ4n) is 2.98. The van der Waals surface area contributed by atoms with Gasteiger partial charge in [-0.1, -0.05) is 12.1 Å². The summed E-state index contributed by atoms with van der Waals surface area (Å²) in [7, 11) is 1.61. The normalized spacial score (nSPS) is 16.2. The van der Waals surface area contributed by atoms with Crippen LogP contribution in [0, 0.1) is 0 Å². The van der Waals surface area contributed by atoms with Crippen molar-refractivity contribution in [2.45, 2.75) is 31.8 Å². The van der Waals surface area contributed by atoms with Crippen molar-refractivity contribution in [2.24, 2.45) is 0 Å². The molecule has 1 atom stereocenters. The van der Waals surface area contributed by atoms with E-state index >= 15 is 0 Å². The highest BCUT2D eigenvalue weighted by Gasteiger charge is 2.38. The molecular formula is C20H23N3O5. The van der Waals surface area contributed by atoms with E-state index in [0.29, 0.717) is 18.7 Å². The zero-order valence-electron chi connectivity index (χ0n) is 15.6. The molecule has 1 saturated heterocycles. The lowest BCUT2D eigenvalue weighted by molar-refractivity contribution is -0.128. The second-order valence-electron chi connectivity index (χ2n) is 6.49. The van der Waals surface area contributed by atoms with E-state index in [2.05, 4.69) is 10.6 Å². The van der Waals surface area contributed by atoms with Crippen molar-refractivity contribution < 1.29 is 23.5 Å². The number of carbonyl (C=O) groups is 3. The largest absolute Gasteiger partial charge is 0.497 e. The van der Waals surface area contributed by atoms with Crippen LogP contribution in [0.2, 0.25) is 0 Å². The molecule has 0 radical (unpaired) electrons. The van der Waals surface area contributed by atoms with Gasteiger partial charge in [0.15, 0.2) is 0 Å². The molecule has 0 aliphatic carbocycles. The molecule has 148 valence electrons. The molecule has 2 N–H and O–H groups in total. The number of hydrogen-bond donors (Lipinski definition) is 2. The van der Waals surface area contributed by atoms with E-state index in [9.17, 15) is 14.4 Å². The maximum Gasteiger partial charge on any atom is 0.325 e. The molecule has 1 fully saturated rings. The summed E-state index contributed by atoms with van der Waals surface area (Å²) in [5.41, 5.74) is 1.09. The van der Waals surface area contributed by atoms with Crippen LogP contribution in [0.3, 0.4) is 0 Å². The molecule has 28 heavy (non-hydrogen) atoms. The Balaban J connectivity index is 1.39. The van der Waals surface area contributed by atoms with Gasteiger partial charge in [-0.3, -0.25) is 14.5 Å². The van der Waals surface area contributed by atoms with Crippen LogP contribution in [0.4, 0.5) is 4.79 Å². The number of urea groups is 1. The minimum Gasteiger partial charge on any atom is -0.497 e. The summed E-state index contributed by atoms with van der Waals surface area (Å²) in [6, 6.07) is 9.89. The van der Waals surface area contributed by atoms with Crippen molar-refractivity contribution in [1.29, 1.82) is 0 Å². The lowest BCUT2D eigenvalue weighted by atomic mass is 10.1. The molecule has 8 nitrogen and oxygen atoms in total. The lowest BCUT2D eigenvalue weighted by Gasteiger charge is -2.11. The molecule has 0 bridgehead atoms. The standard InChI is InChI=1S/C20H23N3O5/c1-27-15-6-4-14(5-7-15)10-11-21-18(24)9-8-17-19(25)23(20(26)22-17)13-16-3-2-12-28-16/h2-7,12,17H,8-11,13H2,1H3,(H,21,24)(H,22,26)/t17-/m1/s1. The summed E-state index contributed by atoms with van der Waals surface area (Å²) in [5, 5.41) is 5.45. The third-order valence-electron chi connectivity index (χ3n) is 4.56. The molecular weight excluding hydrogens is 362 g/mol. The van der Waals surface area contributed by atoms with E-state index in [4.69, 9.17) is 9.15 Å². The minimum absolute atomic E-state index is 0.0855. The number of nitrogens with one attached hydrogen (secondary N) is 2. The van der Waals surface area contributed by atoms with Crippen molar-refractivity contribution in [3.63, 3.8) is 0 Å². The number of amides is 4. The van der Waals surface area contributed by atoms with Gasteiger partial charge in [-0.05, 0) is 42.7 Å². The Bertz CT molecular complexity index is 817. The molecule has 2 aromatic rings. The van der Waals surface area contributed by atoms with Crippen molar-refractivity contribution in [1.82, 2.24) is 15.5 Å². The summed E-state index contributed by atoms with van der Waals surface area (Å²) in [5.74, 6) is 0.824. The summed E-state index contributed by atoms with van der Waals surface area (Å²) in [6.45, 7) is 0.586. The SMILES string of the molecule is COc1ccc(CCNC(=O)CC[C@H]2NC(=O)N(Cc3ccco3)C2=O)cc1. The van der Waals surface area contributed by atoms with Gasteiger partial charge >= 0.3 is 6.03 Å². The maximum atomic E-state index is 12.4. The second kappa shape index (κ2) is 9.07. The molecule has 0 unspecified atom stereocenters. The third kappa shape index (κ3) is 4.91. The van der Waals surface area contributed by atoms with Gasteiger partial charge in [0, 0.05) is 13.0 Å². The first-order valence-electron chi connectivity index (χ1n) is 9.10. The average molecular weight is 385 g/mol. The third-order valence-corrected chi connectivity index (χ3v) is 4.56. The highest BCUT2D eigenvalue weighted by atomic mass is 16.5.